The number of aliphatic hydroxyl groups is 1. The van der Waals surface area contributed by atoms with Crippen LogP contribution in [0.1, 0.15) is 48.8 Å². The van der Waals surface area contributed by atoms with Crippen molar-refractivity contribution in [3.63, 3.8) is 0 Å². The van der Waals surface area contributed by atoms with Crippen LogP contribution in [0.25, 0.3) is 11.0 Å². The van der Waals surface area contributed by atoms with Crippen LogP contribution in [0.5, 0.6) is 5.75 Å². The lowest BCUT2D eigenvalue weighted by atomic mass is 9.89. The number of aromatic amines is 1. The number of rotatable bonds is 10. The Labute approximate surface area is 221 Å². The number of hydrogen-bond acceptors (Lipinski definition) is 9. The van der Waals surface area contributed by atoms with Crippen molar-refractivity contribution in [1.29, 1.82) is 0 Å². The van der Waals surface area contributed by atoms with Crippen LogP contribution in [-0.4, -0.2) is 58.8 Å². The van der Waals surface area contributed by atoms with Gasteiger partial charge in [0.1, 0.15) is 23.4 Å². The SMILES string of the molecule is CCCN1CCC(c2ccc(Nc3nc(Nc4ccsc4C(O)NC)c4cc[nH]c4n3)c(OC)c2)CC1. The lowest BCUT2D eigenvalue weighted by molar-refractivity contribution is 0.153. The molecule has 0 saturated carbocycles. The summed E-state index contributed by atoms with van der Waals surface area (Å²) in [6.07, 6.45) is 4.63. The minimum atomic E-state index is -0.759. The zero-order chi connectivity index (χ0) is 25.8. The quantitative estimate of drug-likeness (QED) is 0.179. The summed E-state index contributed by atoms with van der Waals surface area (Å²) in [5, 5.41) is 22.7. The predicted octanol–water partition coefficient (Wildman–Crippen LogP) is 5.31. The molecule has 1 unspecified atom stereocenters. The molecule has 10 heteroatoms. The molecule has 1 aliphatic rings. The number of likely N-dealkylation sites (tertiary alicyclic amines) is 1. The van der Waals surface area contributed by atoms with Gasteiger partial charge in [0.2, 0.25) is 5.95 Å². The van der Waals surface area contributed by atoms with E-state index < -0.39 is 6.23 Å². The van der Waals surface area contributed by atoms with E-state index in [1.54, 1.807) is 14.2 Å². The van der Waals surface area contributed by atoms with Crippen LogP contribution in [0.4, 0.5) is 23.1 Å². The number of thiophene rings is 1. The van der Waals surface area contributed by atoms with Crippen LogP contribution in [-0.2, 0) is 0 Å². The molecule has 37 heavy (non-hydrogen) atoms. The monoisotopic (exact) mass is 521 g/mol. The standard InChI is InChI=1S/C27H35N7O2S/c1-4-12-34-13-8-17(9-14-34)18-5-6-20(22(16-18)36-3)31-27-32-24-19(7-11-29-24)25(33-27)30-21-10-15-37-23(21)26(35)28-2/h5-7,10-11,15-17,26,28,35H,4,8-9,12-14H2,1-3H3,(H3,29,30,31,32,33). The Balaban J connectivity index is 1.38. The lowest BCUT2D eigenvalue weighted by Crippen LogP contribution is -2.33. The molecule has 5 rings (SSSR count). The van der Waals surface area contributed by atoms with Crippen molar-refractivity contribution in [2.75, 3.05) is 44.4 Å². The van der Waals surface area contributed by atoms with Gasteiger partial charge in [-0.2, -0.15) is 9.97 Å². The molecule has 9 nitrogen and oxygen atoms in total. The van der Waals surface area contributed by atoms with Gasteiger partial charge in [-0.25, -0.2) is 0 Å². The number of hydrogen-bond donors (Lipinski definition) is 5. The van der Waals surface area contributed by atoms with Crippen LogP contribution in [0.3, 0.4) is 0 Å². The molecule has 196 valence electrons. The number of nitrogens with zero attached hydrogens (tertiary/aromatic N) is 3. The molecule has 1 fully saturated rings. The van der Waals surface area contributed by atoms with Crippen LogP contribution in [0.2, 0.25) is 0 Å². The van der Waals surface area contributed by atoms with Gasteiger partial charge in [0.25, 0.3) is 0 Å². The molecule has 1 aromatic carbocycles. The summed E-state index contributed by atoms with van der Waals surface area (Å²) >= 11 is 1.48. The second-order valence-electron chi connectivity index (χ2n) is 9.35. The second-order valence-corrected chi connectivity index (χ2v) is 10.3. The first-order chi connectivity index (χ1) is 18.1. The molecule has 3 aromatic heterocycles. The van der Waals surface area contributed by atoms with Crippen molar-refractivity contribution in [3.8, 4) is 5.75 Å². The zero-order valence-corrected chi connectivity index (χ0v) is 22.4. The molecule has 0 radical (unpaired) electrons. The Morgan fingerprint density at radius 2 is 2.00 bits per heavy atom. The molecule has 0 spiro atoms. The van der Waals surface area contributed by atoms with Gasteiger partial charge in [-0.15, -0.1) is 11.3 Å². The first-order valence-electron chi connectivity index (χ1n) is 12.8. The summed E-state index contributed by atoms with van der Waals surface area (Å²) in [6.45, 7) is 5.73. The average Bonchev–Trinajstić information content (AvgIpc) is 3.59. The van der Waals surface area contributed by atoms with Gasteiger partial charge in [0.05, 0.1) is 28.7 Å². The molecule has 4 heterocycles. The van der Waals surface area contributed by atoms with E-state index in [4.69, 9.17) is 9.72 Å². The zero-order valence-electron chi connectivity index (χ0n) is 21.5. The van der Waals surface area contributed by atoms with Crippen LogP contribution in [0, 0.1) is 0 Å². The number of piperidine rings is 1. The predicted molar refractivity (Wildman–Crippen MR) is 150 cm³/mol. The Hall–Kier alpha value is -3.18. The van der Waals surface area contributed by atoms with E-state index in [1.807, 2.05) is 23.7 Å². The summed E-state index contributed by atoms with van der Waals surface area (Å²) in [7, 11) is 3.42. The van der Waals surface area contributed by atoms with Gasteiger partial charge >= 0.3 is 0 Å². The topological polar surface area (TPSA) is 110 Å². The highest BCUT2D eigenvalue weighted by Crippen LogP contribution is 2.36. The molecular weight excluding hydrogens is 486 g/mol. The maximum Gasteiger partial charge on any atom is 0.231 e. The number of benzene rings is 1. The Bertz CT molecular complexity index is 1330. The summed E-state index contributed by atoms with van der Waals surface area (Å²) in [5.41, 5.74) is 3.63. The lowest BCUT2D eigenvalue weighted by Gasteiger charge is -2.32. The highest BCUT2D eigenvalue weighted by Gasteiger charge is 2.22. The van der Waals surface area contributed by atoms with E-state index in [-0.39, 0.29) is 0 Å². The molecule has 1 atom stereocenters. The van der Waals surface area contributed by atoms with Gasteiger partial charge in [0.15, 0.2) is 0 Å². The first-order valence-corrected chi connectivity index (χ1v) is 13.7. The minimum absolute atomic E-state index is 0.447. The Morgan fingerprint density at radius 1 is 1.16 bits per heavy atom. The van der Waals surface area contributed by atoms with E-state index in [1.165, 1.54) is 42.7 Å². The highest BCUT2D eigenvalue weighted by atomic mass is 32.1. The van der Waals surface area contributed by atoms with Crippen molar-refractivity contribution >= 4 is 45.5 Å². The van der Waals surface area contributed by atoms with Crippen LogP contribution >= 0.6 is 11.3 Å². The fourth-order valence-corrected chi connectivity index (χ4v) is 5.82. The molecular formula is C27H35N7O2S. The molecule has 5 N–H and O–H groups in total. The first kappa shape index (κ1) is 25.5. The van der Waals surface area contributed by atoms with Gasteiger partial charge in [-0.3, -0.25) is 5.32 Å². The van der Waals surface area contributed by atoms with Crippen molar-refractivity contribution in [2.24, 2.45) is 0 Å². The third-order valence-electron chi connectivity index (χ3n) is 6.96. The summed E-state index contributed by atoms with van der Waals surface area (Å²) < 4.78 is 5.77. The fourth-order valence-electron chi connectivity index (χ4n) is 4.98. The van der Waals surface area contributed by atoms with Crippen LogP contribution in [0.15, 0.2) is 41.9 Å². The molecule has 1 aliphatic heterocycles. The number of nitrogens with one attached hydrogen (secondary N) is 4. The van der Waals surface area contributed by atoms with Gasteiger partial charge < -0.3 is 30.4 Å². The third-order valence-corrected chi connectivity index (χ3v) is 7.93. The highest BCUT2D eigenvalue weighted by molar-refractivity contribution is 7.10. The third kappa shape index (κ3) is 5.57. The fraction of sp³-hybridized carbons (Fsp3) is 0.407. The Kier molecular flexibility index (Phi) is 7.90. The normalized spacial score (nSPS) is 15.7. The number of H-pyrrole nitrogens is 1. The van der Waals surface area contributed by atoms with E-state index in [2.05, 4.69) is 55.9 Å². The maximum atomic E-state index is 10.3. The molecule has 0 amide bonds. The van der Waals surface area contributed by atoms with Crippen molar-refractivity contribution in [2.45, 2.75) is 38.3 Å². The summed E-state index contributed by atoms with van der Waals surface area (Å²) in [6, 6.07) is 10.3. The number of ether oxygens (including phenoxy) is 1. The number of aromatic nitrogens is 3. The van der Waals surface area contributed by atoms with Crippen molar-refractivity contribution in [3.05, 3.63) is 52.3 Å². The van der Waals surface area contributed by atoms with Crippen molar-refractivity contribution < 1.29 is 9.84 Å². The summed E-state index contributed by atoms with van der Waals surface area (Å²) in [5.74, 6) is 2.41. The van der Waals surface area contributed by atoms with Gasteiger partial charge in [0, 0.05) is 6.20 Å². The Morgan fingerprint density at radius 3 is 2.76 bits per heavy atom. The van der Waals surface area contributed by atoms with E-state index >= 15 is 0 Å². The van der Waals surface area contributed by atoms with E-state index in [0.717, 1.165) is 40.5 Å². The number of aliphatic hydroxyl groups excluding tert-OH is 1. The van der Waals surface area contributed by atoms with E-state index in [9.17, 15) is 5.11 Å². The smallest absolute Gasteiger partial charge is 0.231 e. The average molecular weight is 522 g/mol. The summed E-state index contributed by atoms with van der Waals surface area (Å²) in [4.78, 5) is 16.0. The minimum Gasteiger partial charge on any atom is -0.495 e. The van der Waals surface area contributed by atoms with Gasteiger partial charge in [-0.1, -0.05) is 13.0 Å². The van der Waals surface area contributed by atoms with Crippen LogP contribution < -0.4 is 20.7 Å². The maximum absolute atomic E-state index is 10.3. The van der Waals surface area contributed by atoms with E-state index in [0.29, 0.717) is 23.3 Å². The molecule has 0 bridgehead atoms. The molecule has 0 aliphatic carbocycles. The molecule has 4 aromatic rings. The number of fused-ring (bicyclic) bond motifs is 1. The van der Waals surface area contributed by atoms with Gasteiger partial charge in [-0.05, 0) is 87.1 Å². The molecule has 1 saturated heterocycles. The van der Waals surface area contributed by atoms with Crippen molar-refractivity contribution in [1.82, 2.24) is 25.2 Å². The second kappa shape index (κ2) is 11.5. The number of methoxy groups -OCH3 is 1. The largest absolute Gasteiger partial charge is 0.495 e. The number of anilines is 4.